The highest BCUT2D eigenvalue weighted by Gasteiger charge is 2.27. The summed E-state index contributed by atoms with van der Waals surface area (Å²) in [5.74, 6) is -0.151. The van der Waals surface area contributed by atoms with Gasteiger partial charge in [0.05, 0.1) is 18.3 Å². The Hall–Kier alpha value is -2.51. The molecule has 136 valence electrons. The maximum absolute atomic E-state index is 11.9. The third-order valence-electron chi connectivity index (χ3n) is 4.23. The van der Waals surface area contributed by atoms with Crippen LogP contribution < -0.4 is 11.1 Å². The van der Waals surface area contributed by atoms with E-state index in [0.717, 1.165) is 37.2 Å². The highest BCUT2D eigenvalue weighted by Crippen LogP contribution is 2.30. The molecule has 8 heteroatoms. The summed E-state index contributed by atoms with van der Waals surface area (Å²) in [6, 6.07) is 1.84. The van der Waals surface area contributed by atoms with E-state index in [1.54, 1.807) is 13.8 Å². The number of carbonyl (C=O) groups is 3. The van der Waals surface area contributed by atoms with Gasteiger partial charge in [-0.15, -0.1) is 0 Å². The van der Waals surface area contributed by atoms with Crippen LogP contribution in [0.1, 0.15) is 55.9 Å². The van der Waals surface area contributed by atoms with Crippen molar-refractivity contribution < 1.29 is 14.4 Å². The summed E-state index contributed by atoms with van der Waals surface area (Å²) in [5.41, 5.74) is 6.59. The summed E-state index contributed by atoms with van der Waals surface area (Å²) < 4.78 is 0. The highest BCUT2D eigenvalue weighted by molar-refractivity contribution is 5.83. The molecule has 1 atom stereocenters. The SMILES string of the molecule is CC(=O)N1CCCCC1c1cc(CCC(=O)NCC(N)=O)nc(C)n1. The summed E-state index contributed by atoms with van der Waals surface area (Å²) in [4.78, 5) is 45.0. The minimum Gasteiger partial charge on any atom is -0.368 e. The molecule has 0 saturated carbocycles. The second-order valence-electron chi connectivity index (χ2n) is 6.30. The van der Waals surface area contributed by atoms with Gasteiger partial charge in [-0.1, -0.05) is 0 Å². The van der Waals surface area contributed by atoms with E-state index in [4.69, 9.17) is 5.73 Å². The van der Waals surface area contributed by atoms with Gasteiger partial charge in [0.2, 0.25) is 17.7 Å². The van der Waals surface area contributed by atoms with E-state index in [-0.39, 0.29) is 30.8 Å². The molecule has 0 aliphatic carbocycles. The van der Waals surface area contributed by atoms with Gasteiger partial charge in [-0.25, -0.2) is 9.97 Å². The molecule has 1 saturated heterocycles. The monoisotopic (exact) mass is 347 g/mol. The number of nitrogens with two attached hydrogens (primary N) is 1. The summed E-state index contributed by atoms with van der Waals surface area (Å²) in [6.07, 6.45) is 3.60. The molecule has 2 heterocycles. The summed E-state index contributed by atoms with van der Waals surface area (Å²) in [7, 11) is 0. The van der Waals surface area contributed by atoms with Crippen LogP contribution in [0.5, 0.6) is 0 Å². The number of hydrogen-bond acceptors (Lipinski definition) is 5. The van der Waals surface area contributed by atoms with Crippen LogP contribution in [0.15, 0.2) is 6.07 Å². The van der Waals surface area contributed by atoms with Gasteiger partial charge in [-0.3, -0.25) is 14.4 Å². The summed E-state index contributed by atoms with van der Waals surface area (Å²) >= 11 is 0. The molecule has 1 aromatic heterocycles. The van der Waals surface area contributed by atoms with Crippen molar-refractivity contribution in [3.8, 4) is 0 Å². The number of carbonyl (C=O) groups excluding carboxylic acids is 3. The van der Waals surface area contributed by atoms with Crippen molar-refractivity contribution in [2.75, 3.05) is 13.1 Å². The van der Waals surface area contributed by atoms with Crippen LogP contribution in [-0.4, -0.2) is 45.7 Å². The van der Waals surface area contributed by atoms with E-state index in [2.05, 4.69) is 15.3 Å². The Morgan fingerprint density at radius 3 is 2.76 bits per heavy atom. The van der Waals surface area contributed by atoms with Crippen LogP contribution in [0.4, 0.5) is 0 Å². The Labute approximate surface area is 147 Å². The number of aryl methyl sites for hydroxylation is 2. The second kappa shape index (κ2) is 8.55. The van der Waals surface area contributed by atoms with E-state index in [1.165, 1.54) is 0 Å². The molecule has 1 unspecified atom stereocenters. The normalized spacial score (nSPS) is 17.2. The van der Waals surface area contributed by atoms with Crippen molar-refractivity contribution in [3.63, 3.8) is 0 Å². The largest absolute Gasteiger partial charge is 0.368 e. The van der Waals surface area contributed by atoms with Crippen LogP contribution in [0.3, 0.4) is 0 Å². The molecule has 3 N–H and O–H groups in total. The lowest BCUT2D eigenvalue weighted by Gasteiger charge is -2.34. The fraction of sp³-hybridized carbons (Fsp3) is 0.588. The van der Waals surface area contributed by atoms with Crippen molar-refractivity contribution >= 4 is 17.7 Å². The Morgan fingerprint density at radius 1 is 1.32 bits per heavy atom. The van der Waals surface area contributed by atoms with Gasteiger partial charge in [0, 0.05) is 25.6 Å². The summed E-state index contributed by atoms with van der Waals surface area (Å²) in [6.45, 7) is 3.97. The number of hydrogen-bond donors (Lipinski definition) is 2. The lowest BCUT2D eigenvalue weighted by atomic mass is 9.98. The zero-order valence-corrected chi connectivity index (χ0v) is 14.7. The lowest BCUT2D eigenvalue weighted by molar-refractivity contribution is -0.132. The number of primary amides is 1. The number of aromatic nitrogens is 2. The van der Waals surface area contributed by atoms with Crippen molar-refractivity contribution in [1.29, 1.82) is 0 Å². The number of nitrogens with zero attached hydrogens (tertiary/aromatic N) is 3. The van der Waals surface area contributed by atoms with Gasteiger partial charge in [-0.05, 0) is 38.7 Å². The molecule has 0 aromatic carbocycles. The number of piperidine rings is 1. The van der Waals surface area contributed by atoms with E-state index in [9.17, 15) is 14.4 Å². The standard InChI is InChI=1S/C17H25N5O3/c1-11-20-13(6-7-17(25)19-10-16(18)24)9-14(21-11)15-5-3-4-8-22(15)12(2)23/h9,15H,3-8,10H2,1-2H3,(H2,18,24)(H,19,25). The van der Waals surface area contributed by atoms with Gasteiger partial charge in [0.1, 0.15) is 5.82 Å². The molecule has 2 rings (SSSR count). The van der Waals surface area contributed by atoms with Crippen LogP contribution in [0.2, 0.25) is 0 Å². The van der Waals surface area contributed by atoms with Gasteiger partial charge in [-0.2, -0.15) is 0 Å². The first-order chi connectivity index (χ1) is 11.9. The second-order valence-corrected chi connectivity index (χ2v) is 6.30. The van der Waals surface area contributed by atoms with E-state index >= 15 is 0 Å². The molecule has 0 radical (unpaired) electrons. The third-order valence-corrected chi connectivity index (χ3v) is 4.23. The van der Waals surface area contributed by atoms with Gasteiger partial charge in [0.15, 0.2) is 0 Å². The van der Waals surface area contributed by atoms with Crippen molar-refractivity contribution in [2.45, 2.75) is 52.0 Å². The number of amides is 3. The molecule has 1 fully saturated rings. The van der Waals surface area contributed by atoms with E-state index < -0.39 is 5.91 Å². The number of nitrogens with one attached hydrogen (secondary N) is 1. The molecule has 0 spiro atoms. The average Bonchev–Trinajstić information content (AvgIpc) is 2.57. The van der Waals surface area contributed by atoms with Crippen LogP contribution in [0, 0.1) is 6.92 Å². The van der Waals surface area contributed by atoms with Gasteiger partial charge in [0.25, 0.3) is 0 Å². The zero-order chi connectivity index (χ0) is 18.4. The first-order valence-electron chi connectivity index (χ1n) is 8.53. The summed E-state index contributed by atoms with van der Waals surface area (Å²) in [5, 5.41) is 2.46. The number of rotatable bonds is 6. The van der Waals surface area contributed by atoms with Crippen molar-refractivity contribution in [2.24, 2.45) is 5.73 Å². The quantitative estimate of drug-likeness (QED) is 0.772. The van der Waals surface area contributed by atoms with Crippen LogP contribution in [0.25, 0.3) is 0 Å². The maximum atomic E-state index is 11.9. The minimum atomic E-state index is -0.574. The minimum absolute atomic E-state index is 0.0320. The predicted molar refractivity (Wildman–Crippen MR) is 91.3 cm³/mol. The molecule has 1 aliphatic heterocycles. The average molecular weight is 347 g/mol. The third kappa shape index (κ3) is 5.51. The van der Waals surface area contributed by atoms with Gasteiger partial charge >= 0.3 is 0 Å². The number of likely N-dealkylation sites (tertiary alicyclic amines) is 1. The molecule has 3 amide bonds. The Bertz CT molecular complexity index is 662. The lowest BCUT2D eigenvalue weighted by Crippen LogP contribution is -2.37. The van der Waals surface area contributed by atoms with Crippen LogP contribution in [-0.2, 0) is 20.8 Å². The first-order valence-corrected chi connectivity index (χ1v) is 8.53. The molecule has 0 bridgehead atoms. The molecular weight excluding hydrogens is 322 g/mol. The first kappa shape index (κ1) is 18.8. The Kier molecular flexibility index (Phi) is 6.44. The molecule has 1 aromatic rings. The smallest absolute Gasteiger partial charge is 0.236 e. The van der Waals surface area contributed by atoms with E-state index in [1.807, 2.05) is 11.0 Å². The topological polar surface area (TPSA) is 118 Å². The molecule has 1 aliphatic rings. The molecular formula is C17H25N5O3. The Balaban J connectivity index is 2.07. The van der Waals surface area contributed by atoms with Gasteiger partial charge < -0.3 is 16.0 Å². The zero-order valence-electron chi connectivity index (χ0n) is 14.7. The highest BCUT2D eigenvalue weighted by atomic mass is 16.2. The maximum Gasteiger partial charge on any atom is 0.236 e. The molecule has 25 heavy (non-hydrogen) atoms. The van der Waals surface area contributed by atoms with Crippen molar-refractivity contribution in [1.82, 2.24) is 20.2 Å². The van der Waals surface area contributed by atoms with Crippen LogP contribution >= 0.6 is 0 Å². The fourth-order valence-corrected chi connectivity index (χ4v) is 3.09. The molecule has 8 nitrogen and oxygen atoms in total. The van der Waals surface area contributed by atoms with Crippen molar-refractivity contribution in [3.05, 3.63) is 23.3 Å². The Morgan fingerprint density at radius 2 is 2.08 bits per heavy atom. The predicted octanol–water partition coefficient (Wildman–Crippen LogP) is 0.393. The fourth-order valence-electron chi connectivity index (χ4n) is 3.09. The van der Waals surface area contributed by atoms with E-state index in [0.29, 0.717) is 12.2 Å².